The third kappa shape index (κ3) is 14.3. The van der Waals surface area contributed by atoms with Crippen LogP contribution in [0.3, 0.4) is 0 Å². The number of unbranched alkanes of at least 4 members (excludes halogenated alkanes) is 1. The second kappa shape index (κ2) is 18.8. The van der Waals surface area contributed by atoms with Gasteiger partial charge < -0.3 is 26.2 Å². The summed E-state index contributed by atoms with van der Waals surface area (Å²) >= 11 is 3.12. The molecule has 4 atom stereocenters. The number of nitrogens with zero attached hydrogens (tertiary/aromatic N) is 1. The second-order valence-electron chi connectivity index (χ2n) is 7.57. The largest absolute Gasteiger partial charge is 0.388 e. The number of thioether (sulfide) groups is 2. The van der Waals surface area contributed by atoms with Gasteiger partial charge in [0.15, 0.2) is 0 Å². The van der Waals surface area contributed by atoms with Crippen molar-refractivity contribution < 1.29 is 24.6 Å². The highest BCUT2D eigenvalue weighted by Crippen LogP contribution is 2.10. The second-order valence-corrected chi connectivity index (χ2v) is 9.70. The minimum absolute atomic E-state index is 0.212. The highest BCUT2D eigenvalue weighted by Gasteiger charge is 2.28. The van der Waals surface area contributed by atoms with E-state index in [1.165, 1.54) is 13.1 Å². The van der Waals surface area contributed by atoms with Gasteiger partial charge in [-0.2, -0.15) is 23.5 Å². The Balaban J connectivity index is 5.08. The lowest BCUT2D eigenvalue weighted by Crippen LogP contribution is -2.54. The molecule has 0 saturated heterocycles. The molecule has 0 spiro atoms. The van der Waals surface area contributed by atoms with Gasteiger partial charge in [-0.25, -0.2) is 0 Å². The van der Waals surface area contributed by atoms with Crippen LogP contribution in [0.5, 0.6) is 0 Å². The molecule has 0 aromatic heterocycles. The summed E-state index contributed by atoms with van der Waals surface area (Å²) in [5.41, 5.74) is 0.367. The normalized spacial score (nSPS) is 15.5. The van der Waals surface area contributed by atoms with Crippen LogP contribution in [0.15, 0.2) is 16.8 Å². The molecule has 0 fully saturated rings. The number of hydrogen-bond acceptors (Lipinski definition) is 8. The minimum Gasteiger partial charge on any atom is -0.388 e. The van der Waals surface area contributed by atoms with E-state index in [-0.39, 0.29) is 12.5 Å². The van der Waals surface area contributed by atoms with E-state index in [2.05, 4.69) is 27.9 Å². The van der Waals surface area contributed by atoms with Crippen molar-refractivity contribution in [3.05, 3.63) is 11.8 Å². The molecule has 5 N–H and O–H groups in total. The lowest BCUT2D eigenvalue weighted by molar-refractivity contribution is -0.127. The molecule has 3 amide bonds. The average molecular weight is 505 g/mol. The lowest BCUT2D eigenvalue weighted by Gasteiger charge is -2.28. The van der Waals surface area contributed by atoms with Crippen LogP contribution in [-0.2, 0) is 14.4 Å². The number of aliphatic hydroxyl groups is 2. The predicted octanol–water partition coefficient (Wildman–Crippen LogP) is 1.09. The Morgan fingerprint density at radius 3 is 2.39 bits per heavy atom. The Bertz CT molecular complexity index is 661. The van der Waals surface area contributed by atoms with E-state index in [0.29, 0.717) is 23.5 Å². The zero-order valence-electron chi connectivity index (χ0n) is 20.3. The number of amides is 3. The van der Waals surface area contributed by atoms with Crippen molar-refractivity contribution >= 4 is 47.5 Å². The molecule has 0 aliphatic rings. The first kappa shape index (κ1) is 31.4. The number of hydrogen-bond donors (Lipinski definition) is 5. The van der Waals surface area contributed by atoms with Gasteiger partial charge in [0.25, 0.3) is 0 Å². The Hall–Kier alpha value is -1.56. The smallest absolute Gasteiger partial charge is 0.249 e. The Morgan fingerprint density at radius 1 is 1.12 bits per heavy atom. The van der Waals surface area contributed by atoms with Gasteiger partial charge in [0.1, 0.15) is 12.1 Å². The minimum atomic E-state index is -1.28. The molecule has 33 heavy (non-hydrogen) atoms. The topological polar surface area (TPSA) is 140 Å². The van der Waals surface area contributed by atoms with Crippen LogP contribution in [0.25, 0.3) is 0 Å². The van der Waals surface area contributed by atoms with Gasteiger partial charge >= 0.3 is 0 Å². The highest BCUT2D eigenvalue weighted by atomic mass is 32.2. The summed E-state index contributed by atoms with van der Waals surface area (Å²) in [6.07, 6.45) is 4.87. The lowest BCUT2D eigenvalue weighted by atomic mass is 10.0. The molecule has 11 heteroatoms. The van der Waals surface area contributed by atoms with Crippen molar-refractivity contribution in [3.63, 3.8) is 0 Å². The molecule has 190 valence electrons. The fourth-order valence-electron chi connectivity index (χ4n) is 2.70. The maximum absolute atomic E-state index is 12.8. The molecule has 4 unspecified atom stereocenters. The summed E-state index contributed by atoms with van der Waals surface area (Å²) in [5.74, 6) is 0.771. The zero-order chi connectivity index (χ0) is 25.2. The SMILES string of the molecule is CC=N/C=C(\C)C(=O)NC(CSCCCC)C(=O)NCC(O)C(O)C(CCSC)NC(C)=O. The third-order valence-electron chi connectivity index (χ3n) is 4.64. The van der Waals surface area contributed by atoms with E-state index in [9.17, 15) is 24.6 Å². The Labute approximate surface area is 206 Å². The van der Waals surface area contributed by atoms with Crippen molar-refractivity contribution in [2.24, 2.45) is 4.99 Å². The van der Waals surface area contributed by atoms with Gasteiger partial charge in [0.05, 0.1) is 12.1 Å². The molecule has 9 nitrogen and oxygen atoms in total. The first-order valence-corrected chi connectivity index (χ1v) is 13.7. The van der Waals surface area contributed by atoms with Crippen molar-refractivity contribution in [2.45, 2.75) is 71.2 Å². The van der Waals surface area contributed by atoms with Gasteiger partial charge in [-0.05, 0) is 44.5 Å². The predicted molar refractivity (Wildman–Crippen MR) is 138 cm³/mol. The molecule has 0 bridgehead atoms. The highest BCUT2D eigenvalue weighted by molar-refractivity contribution is 7.99. The van der Waals surface area contributed by atoms with E-state index in [1.54, 1.807) is 43.6 Å². The van der Waals surface area contributed by atoms with Gasteiger partial charge in [-0.15, -0.1) is 0 Å². The van der Waals surface area contributed by atoms with Crippen LogP contribution < -0.4 is 16.0 Å². The molecule has 0 rings (SSSR count). The molecule has 0 saturated carbocycles. The quantitative estimate of drug-likeness (QED) is 0.113. The van der Waals surface area contributed by atoms with Crippen molar-refractivity contribution in [2.75, 3.05) is 30.1 Å². The van der Waals surface area contributed by atoms with Gasteiger partial charge in [-0.3, -0.25) is 19.4 Å². The molecular weight excluding hydrogens is 464 g/mol. The number of aliphatic imine (C=N–C) groups is 1. The summed E-state index contributed by atoms with van der Waals surface area (Å²) < 4.78 is 0. The van der Waals surface area contributed by atoms with E-state index in [4.69, 9.17) is 0 Å². The van der Waals surface area contributed by atoms with Gasteiger partial charge in [-0.1, -0.05) is 13.3 Å². The summed E-state index contributed by atoms with van der Waals surface area (Å²) in [6.45, 7) is 6.56. The Morgan fingerprint density at radius 2 is 1.82 bits per heavy atom. The van der Waals surface area contributed by atoms with Crippen molar-refractivity contribution in [1.82, 2.24) is 16.0 Å². The summed E-state index contributed by atoms with van der Waals surface area (Å²) in [5, 5.41) is 28.9. The van der Waals surface area contributed by atoms with Gasteiger partial charge in [0.2, 0.25) is 17.7 Å². The van der Waals surface area contributed by atoms with Crippen molar-refractivity contribution in [1.29, 1.82) is 0 Å². The molecule has 0 heterocycles. The van der Waals surface area contributed by atoms with E-state index in [0.717, 1.165) is 18.6 Å². The van der Waals surface area contributed by atoms with Gasteiger partial charge in [0, 0.05) is 37.2 Å². The van der Waals surface area contributed by atoms with Crippen LogP contribution in [0, 0.1) is 0 Å². The molecule has 0 aliphatic heterocycles. The van der Waals surface area contributed by atoms with Crippen LogP contribution in [0.1, 0.15) is 47.0 Å². The summed E-state index contributed by atoms with van der Waals surface area (Å²) in [7, 11) is 0. The van der Waals surface area contributed by atoms with Crippen molar-refractivity contribution in [3.8, 4) is 0 Å². The van der Waals surface area contributed by atoms with E-state index >= 15 is 0 Å². The zero-order valence-corrected chi connectivity index (χ0v) is 21.9. The third-order valence-corrected chi connectivity index (χ3v) is 6.43. The van der Waals surface area contributed by atoms with Crippen LogP contribution in [0.4, 0.5) is 0 Å². The average Bonchev–Trinajstić information content (AvgIpc) is 2.79. The monoisotopic (exact) mass is 504 g/mol. The number of aliphatic hydroxyl groups excluding tert-OH is 2. The number of carbonyl (C=O) groups excluding carboxylic acids is 3. The summed E-state index contributed by atoms with van der Waals surface area (Å²) in [4.78, 5) is 40.5. The number of nitrogens with one attached hydrogen (secondary N) is 3. The molecule has 0 radical (unpaired) electrons. The standard InChI is InChI=1S/C22H40N4O5S2/c1-6-8-10-33-14-18(26-21(30)15(3)12-23-7-2)22(31)24-13-19(28)20(29)17(9-11-32-5)25-16(4)27/h7,12,17-20,28-29H,6,8-11,13-14H2,1-5H3,(H,24,31)(H,25,27)(H,26,30)/b15-12+,23-7?. The first-order chi connectivity index (χ1) is 15.7. The number of carbonyl (C=O) groups is 3. The maximum Gasteiger partial charge on any atom is 0.249 e. The fraction of sp³-hybridized carbons (Fsp3) is 0.727. The molecule has 0 aliphatic carbocycles. The first-order valence-electron chi connectivity index (χ1n) is 11.1. The van der Waals surface area contributed by atoms with Crippen LogP contribution in [-0.4, -0.2) is 88.5 Å². The van der Waals surface area contributed by atoms with E-state index in [1.807, 2.05) is 6.26 Å². The molecule has 0 aromatic carbocycles. The van der Waals surface area contributed by atoms with E-state index < -0.39 is 36.1 Å². The number of rotatable bonds is 17. The Kier molecular flexibility index (Phi) is 17.9. The van der Waals surface area contributed by atoms with Crippen LogP contribution in [0.2, 0.25) is 0 Å². The molecular formula is C22H40N4O5S2. The fourth-order valence-corrected chi connectivity index (χ4v) is 4.32. The maximum atomic E-state index is 12.8. The summed E-state index contributed by atoms with van der Waals surface area (Å²) in [6, 6.07) is -1.44. The molecule has 0 aromatic rings. The van der Waals surface area contributed by atoms with Crippen LogP contribution >= 0.6 is 23.5 Å².